The number of aryl methyl sites for hydroxylation is 1. The Labute approximate surface area is 120 Å². The maximum Gasteiger partial charge on any atom is 0.139 e. The molecule has 0 saturated heterocycles. The third-order valence-electron chi connectivity index (χ3n) is 3.59. The molecule has 3 rings (SSSR count). The molecule has 1 aromatic heterocycles. The fourth-order valence-electron chi connectivity index (χ4n) is 2.62. The maximum absolute atomic E-state index is 13.3. The van der Waals surface area contributed by atoms with Crippen LogP contribution in [-0.2, 0) is 12.8 Å². The van der Waals surface area contributed by atoms with Crippen molar-refractivity contribution in [3.05, 3.63) is 45.7 Å². The molecule has 0 unspecified atom stereocenters. The molecule has 104 valence electrons. The summed E-state index contributed by atoms with van der Waals surface area (Å²) in [5.41, 5.74) is 2.53. The minimum absolute atomic E-state index is 0.389. The van der Waals surface area contributed by atoms with Crippen molar-refractivity contribution >= 4 is 12.2 Å². The Kier molecular flexibility index (Phi) is 3.61. The molecule has 0 amide bonds. The van der Waals surface area contributed by atoms with E-state index in [-0.39, 0.29) is 0 Å². The highest BCUT2D eigenvalue weighted by Gasteiger charge is 2.13. The van der Waals surface area contributed by atoms with Crippen molar-refractivity contribution in [2.75, 3.05) is 0 Å². The molecule has 2 aromatic rings. The Morgan fingerprint density at radius 1 is 1.00 bits per heavy atom. The van der Waals surface area contributed by atoms with E-state index in [9.17, 15) is 8.78 Å². The van der Waals surface area contributed by atoms with E-state index in [4.69, 9.17) is 12.2 Å². The summed E-state index contributed by atoms with van der Waals surface area (Å²) in [6.07, 6.45) is 5.21. The van der Waals surface area contributed by atoms with E-state index in [1.54, 1.807) is 0 Å². The van der Waals surface area contributed by atoms with Crippen molar-refractivity contribution in [3.8, 4) is 11.4 Å². The first-order valence-corrected chi connectivity index (χ1v) is 7.13. The van der Waals surface area contributed by atoms with E-state index < -0.39 is 11.6 Å². The van der Waals surface area contributed by atoms with E-state index in [0.29, 0.717) is 16.0 Å². The topological polar surface area (TPSA) is 28.7 Å². The second-order valence-electron chi connectivity index (χ2n) is 5.07. The molecule has 20 heavy (non-hydrogen) atoms. The van der Waals surface area contributed by atoms with Gasteiger partial charge in [0.1, 0.15) is 22.1 Å². The Morgan fingerprint density at radius 3 is 2.45 bits per heavy atom. The molecule has 2 nitrogen and oxygen atoms in total. The number of halogens is 2. The molecule has 0 bridgehead atoms. The lowest BCUT2D eigenvalue weighted by Crippen LogP contribution is -2.02. The summed E-state index contributed by atoms with van der Waals surface area (Å²) < 4.78 is 27.2. The molecule has 0 spiro atoms. The van der Waals surface area contributed by atoms with Crippen molar-refractivity contribution in [2.45, 2.75) is 32.1 Å². The largest absolute Gasteiger partial charge is 0.343 e. The number of benzene rings is 1. The van der Waals surface area contributed by atoms with Gasteiger partial charge in [-0.1, -0.05) is 18.6 Å². The van der Waals surface area contributed by atoms with Crippen LogP contribution in [0.1, 0.15) is 30.5 Å². The number of hydrogen-bond donors (Lipinski definition) is 1. The molecule has 1 aliphatic carbocycles. The van der Waals surface area contributed by atoms with E-state index in [0.717, 1.165) is 43.0 Å². The van der Waals surface area contributed by atoms with E-state index >= 15 is 0 Å². The minimum atomic E-state index is -0.615. The molecule has 5 heteroatoms. The summed E-state index contributed by atoms with van der Waals surface area (Å²) in [6, 6.07) is 3.38. The van der Waals surface area contributed by atoms with E-state index in [1.807, 2.05) is 0 Å². The summed E-state index contributed by atoms with van der Waals surface area (Å²) in [5.74, 6) is -0.791. The van der Waals surface area contributed by atoms with Crippen molar-refractivity contribution in [2.24, 2.45) is 0 Å². The van der Waals surface area contributed by atoms with Gasteiger partial charge in [0.25, 0.3) is 0 Å². The van der Waals surface area contributed by atoms with Gasteiger partial charge in [0.2, 0.25) is 0 Å². The van der Waals surface area contributed by atoms with Gasteiger partial charge in [-0.05, 0) is 37.8 Å². The van der Waals surface area contributed by atoms with Crippen molar-refractivity contribution < 1.29 is 8.78 Å². The number of fused-ring (bicyclic) bond motifs is 1. The van der Waals surface area contributed by atoms with Crippen LogP contribution in [0.25, 0.3) is 11.4 Å². The van der Waals surface area contributed by atoms with Gasteiger partial charge in [-0.3, -0.25) is 0 Å². The van der Waals surface area contributed by atoms with E-state index in [2.05, 4.69) is 9.97 Å². The van der Waals surface area contributed by atoms with Gasteiger partial charge < -0.3 is 4.98 Å². The van der Waals surface area contributed by atoms with Crippen LogP contribution >= 0.6 is 12.2 Å². The summed E-state index contributed by atoms with van der Waals surface area (Å²) in [5, 5.41) is 0. The average molecular weight is 292 g/mol. The number of nitrogens with one attached hydrogen (secondary N) is 1. The zero-order chi connectivity index (χ0) is 14.1. The normalized spacial score (nSPS) is 14.7. The summed E-state index contributed by atoms with van der Waals surface area (Å²) in [4.78, 5) is 7.51. The molecule has 1 aromatic carbocycles. The van der Waals surface area contributed by atoms with Crippen LogP contribution in [-0.4, -0.2) is 9.97 Å². The summed E-state index contributed by atoms with van der Waals surface area (Å²) >= 11 is 5.33. The summed E-state index contributed by atoms with van der Waals surface area (Å²) in [6.45, 7) is 0. The number of nitrogens with zero attached hydrogens (tertiary/aromatic N) is 1. The molecule has 0 radical (unpaired) electrons. The van der Waals surface area contributed by atoms with Crippen molar-refractivity contribution in [1.29, 1.82) is 0 Å². The number of aromatic nitrogens is 2. The lowest BCUT2D eigenvalue weighted by atomic mass is 10.1. The zero-order valence-electron chi connectivity index (χ0n) is 10.9. The van der Waals surface area contributed by atoms with Crippen molar-refractivity contribution in [3.63, 3.8) is 0 Å². The van der Waals surface area contributed by atoms with Crippen LogP contribution in [0.15, 0.2) is 18.2 Å². The maximum atomic E-state index is 13.3. The highest BCUT2D eigenvalue weighted by Crippen LogP contribution is 2.24. The third kappa shape index (κ3) is 2.63. The minimum Gasteiger partial charge on any atom is -0.343 e. The first-order chi connectivity index (χ1) is 9.63. The molecule has 1 N–H and O–H groups in total. The quantitative estimate of drug-likeness (QED) is 0.625. The van der Waals surface area contributed by atoms with Crippen LogP contribution < -0.4 is 0 Å². The van der Waals surface area contributed by atoms with Crippen LogP contribution in [0, 0.1) is 16.3 Å². The summed E-state index contributed by atoms with van der Waals surface area (Å²) in [7, 11) is 0. The number of hydrogen-bond acceptors (Lipinski definition) is 2. The van der Waals surface area contributed by atoms with Crippen LogP contribution in [0.3, 0.4) is 0 Å². The smallest absolute Gasteiger partial charge is 0.139 e. The lowest BCUT2D eigenvalue weighted by molar-refractivity contribution is 0.584. The molecular formula is C15H14F2N2S. The molecule has 0 saturated carbocycles. The van der Waals surface area contributed by atoms with Gasteiger partial charge in [-0.15, -0.1) is 0 Å². The van der Waals surface area contributed by atoms with Gasteiger partial charge in [0, 0.05) is 22.9 Å². The molecular weight excluding hydrogens is 278 g/mol. The van der Waals surface area contributed by atoms with Gasteiger partial charge in [0.05, 0.1) is 0 Å². The first kappa shape index (κ1) is 13.4. The lowest BCUT2D eigenvalue weighted by Gasteiger charge is -2.09. The first-order valence-electron chi connectivity index (χ1n) is 6.72. The second kappa shape index (κ2) is 5.40. The fraction of sp³-hybridized carbons (Fsp3) is 0.333. The Hall–Kier alpha value is -1.62. The van der Waals surface area contributed by atoms with Gasteiger partial charge in [-0.25, -0.2) is 13.8 Å². The van der Waals surface area contributed by atoms with Crippen molar-refractivity contribution in [1.82, 2.24) is 9.97 Å². The predicted octanol–water partition coefficient (Wildman–Crippen LogP) is 4.35. The van der Waals surface area contributed by atoms with Crippen LogP contribution in [0.5, 0.6) is 0 Å². The standard InChI is InChI=1S/C15H14F2N2S/c16-10-6-9(7-11(17)8-10)14-18-13-5-3-1-2-4-12(13)15(20)19-14/h6-8H,1-5H2,(H,18,19,20). The highest BCUT2D eigenvalue weighted by atomic mass is 32.1. The fourth-order valence-corrected chi connectivity index (χ4v) is 2.94. The molecule has 0 aliphatic heterocycles. The van der Waals surface area contributed by atoms with Crippen LogP contribution in [0.4, 0.5) is 8.78 Å². The van der Waals surface area contributed by atoms with Gasteiger partial charge in [0.15, 0.2) is 0 Å². The number of H-pyrrole nitrogens is 1. The highest BCUT2D eigenvalue weighted by molar-refractivity contribution is 7.71. The third-order valence-corrected chi connectivity index (χ3v) is 3.93. The predicted molar refractivity (Wildman–Crippen MR) is 76.0 cm³/mol. The zero-order valence-corrected chi connectivity index (χ0v) is 11.7. The van der Waals surface area contributed by atoms with Crippen LogP contribution in [0.2, 0.25) is 0 Å². The number of aromatic amines is 1. The molecule has 1 aliphatic rings. The van der Waals surface area contributed by atoms with E-state index in [1.165, 1.54) is 18.6 Å². The SMILES string of the molecule is Fc1cc(F)cc(-c2nc(=S)c3c([nH]2)CCCCC3)c1. The molecule has 0 fully saturated rings. The van der Waals surface area contributed by atoms with Gasteiger partial charge in [-0.2, -0.15) is 0 Å². The molecule has 1 heterocycles. The number of rotatable bonds is 1. The molecule has 0 atom stereocenters. The monoisotopic (exact) mass is 292 g/mol. The Bertz CT molecular complexity index is 689. The Morgan fingerprint density at radius 2 is 1.70 bits per heavy atom. The average Bonchev–Trinajstić information content (AvgIpc) is 2.63. The Balaban J connectivity index is 2.13. The van der Waals surface area contributed by atoms with Gasteiger partial charge >= 0.3 is 0 Å². The second-order valence-corrected chi connectivity index (χ2v) is 5.45.